The summed E-state index contributed by atoms with van der Waals surface area (Å²) in [5.41, 5.74) is 1.70. The molecule has 2 N–H and O–H groups in total. The fourth-order valence-electron chi connectivity index (χ4n) is 1.92. The number of rotatable bonds is 6. The number of nitrogens with zero attached hydrogens (tertiary/aromatic N) is 1. The predicted molar refractivity (Wildman–Crippen MR) is 83.9 cm³/mol. The molecule has 1 atom stereocenters. The minimum absolute atomic E-state index is 0.392. The average molecular weight is 327 g/mol. The van der Waals surface area contributed by atoms with E-state index in [1.54, 1.807) is 37.7 Å². The van der Waals surface area contributed by atoms with Gasteiger partial charge in [-0.1, -0.05) is 29.3 Å². The Balaban J connectivity index is 1.92. The van der Waals surface area contributed by atoms with Gasteiger partial charge < -0.3 is 15.2 Å². The molecule has 1 heterocycles. The molecule has 0 radical (unpaired) electrons. The van der Waals surface area contributed by atoms with E-state index in [0.29, 0.717) is 28.9 Å². The molecular weight excluding hydrogens is 311 g/mol. The molecule has 0 saturated heterocycles. The first-order valence-corrected chi connectivity index (χ1v) is 7.18. The number of aliphatic hydroxyl groups is 1. The Hall–Kier alpha value is -1.33. The van der Waals surface area contributed by atoms with Crippen molar-refractivity contribution in [2.75, 3.05) is 13.7 Å². The lowest BCUT2D eigenvalue weighted by Gasteiger charge is -2.14. The number of hydrogen-bond donors (Lipinski definition) is 2. The Kier molecular flexibility index (Phi) is 5.82. The number of methoxy groups -OCH3 is 1. The fourth-order valence-corrected chi connectivity index (χ4v) is 2.23. The number of hydrogen-bond acceptors (Lipinski definition) is 4. The highest BCUT2D eigenvalue weighted by molar-refractivity contribution is 6.42. The second-order valence-electron chi connectivity index (χ2n) is 4.51. The number of benzene rings is 1. The van der Waals surface area contributed by atoms with E-state index in [9.17, 15) is 5.11 Å². The number of halogens is 2. The van der Waals surface area contributed by atoms with Gasteiger partial charge in [-0.25, -0.2) is 0 Å². The Morgan fingerprint density at radius 3 is 2.81 bits per heavy atom. The van der Waals surface area contributed by atoms with Crippen LogP contribution in [0.15, 0.2) is 36.7 Å². The first kappa shape index (κ1) is 16.0. The van der Waals surface area contributed by atoms with Crippen LogP contribution in [0.5, 0.6) is 5.75 Å². The van der Waals surface area contributed by atoms with E-state index in [1.165, 1.54) is 0 Å². The van der Waals surface area contributed by atoms with Crippen molar-refractivity contribution in [2.24, 2.45) is 0 Å². The quantitative estimate of drug-likeness (QED) is 0.855. The monoisotopic (exact) mass is 326 g/mol. The molecule has 0 aliphatic heterocycles. The van der Waals surface area contributed by atoms with Crippen LogP contribution >= 0.6 is 23.2 Å². The van der Waals surface area contributed by atoms with Crippen LogP contribution in [0.25, 0.3) is 0 Å². The van der Waals surface area contributed by atoms with E-state index >= 15 is 0 Å². The highest BCUT2D eigenvalue weighted by atomic mass is 35.5. The number of ether oxygens (including phenoxy) is 1. The van der Waals surface area contributed by atoms with E-state index in [1.807, 2.05) is 6.07 Å². The average Bonchev–Trinajstić information content (AvgIpc) is 2.50. The molecule has 0 spiro atoms. The lowest BCUT2D eigenvalue weighted by Crippen LogP contribution is -2.21. The van der Waals surface area contributed by atoms with Crippen molar-refractivity contribution in [3.05, 3.63) is 57.8 Å². The molecule has 2 aromatic rings. The molecule has 112 valence electrons. The zero-order valence-corrected chi connectivity index (χ0v) is 13.0. The van der Waals surface area contributed by atoms with Gasteiger partial charge in [-0.3, -0.25) is 4.98 Å². The Labute approximate surface area is 133 Å². The minimum atomic E-state index is -0.660. The summed E-state index contributed by atoms with van der Waals surface area (Å²) in [6.45, 7) is 0.966. The maximum absolute atomic E-state index is 10.1. The Bertz CT molecular complexity index is 608. The molecule has 4 nitrogen and oxygen atoms in total. The van der Waals surface area contributed by atoms with Gasteiger partial charge in [-0.2, -0.15) is 0 Å². The molecular formula is C15H16Cl2N2O2. The van der Waals surface area contributed by atoms with Gasteiger partial charge in [-0.15, -0.1) is 0 Å². The third kappa shape index (κ3) is 4.32. The molecule has 1 aromatic carbocycles. The van der Waals surface area contributed by atoms with Crippen LogP contribution in [-0.2, 0) is 6.54 Å². The smallest absolute Gasteiger partial charge is 0.141 e. The fraction of sp³-hybridized carbons (Fsp3) is 0.267. The summed E-state index contributed by atoms with van der Waals surface area (Å²) < 4.78 is 5.22. The van der Waals surface area contributed by atoms with Crippen LogP contribution < -0.4 is 10.1 Å². The molecule has 0 bridgehead atoms. The number of aliphatic hydroxyl groups excluding tert-OH is 1. The second kappa shape index (κ2) is 7.61. The minimum Gasteiger partial charge on any atom is -0.495 e. The van der Waals surface area contributed by atoms with Crippen molar-refractivity contribution >= 4 is 23.2 Å². The molecule has 0 aliphatic carbocycles. The second-order valence-corrected chi connectivity index (χ2v) is 5.32. The third-order valence-corrected chi connectivity index (χ3v) is 3.81. The summed E-state index contributed by atoms with van der Waals surface area (Å²) in [7, 11) is 1.60. The summed E-state index contributed by atoms with van der Waals surface area (Å²) in [5.74, 6) is 0.717. The summed E-state index contributed by atoms with van der Waals surface area (Å²) in [6.07, 6.45) is 2.70. The van der Waals surface area contributed by atoms with Crippen LogP contribution in [-0.4, -0.2) is 23.7 Å². The summed E-state index contributed by atoms with van der Waals surface area (Å²) in [5, 5.41) is 14.2. The Morgan fingerprint density at radius 2 is 2.10 bits per heavy atom. The molecule has 1 aromatic heterocycles. The first-order valence-electron chi connectivity index (χ1n) is 6.42. The SMILES string of the molecule is COc1cnccc1CNC[C@@H](O)c1ccc(Cl)c(Cl)c1. The topological polar surface area (TPSA) is 54.4 Å². The normalized spacial score (nSPS) is 12.2. The van der Waals surface area contributed by atoms with E-state index in [-0.39, 0.29) is 0 Å². The van der Waals surface area contributed by atoms with Gasteiger partial charge in [0.1, 0.15) is 5.75 Å². The molecule has 6 heteroatoms. The maximum Gasteiger partial charge on any atom is 0.141 e. The van der Waals surface area contributed by atoms with Gasteiger partial charge in [0.25, 0.3) is 0 Å². The Morgan fingerprint density at radius 1 is 1.29 bits per heavy atom. The van der Waals surface area contributed by atoms with Crippen LogP contribution in [0.2, 0.25) is 10.0 Å². The molecule has 21 heavy (non-hydrogen) atoms. The highest BCUT2D eigenvalue weighted by Gasteiger charge is 2.10. The summed E-state index contributed by atoms with van der Waals surface area (Å²) in [6, 6.07) is 6.97. The van der Waals surface area contributed by atoms with Crippen molar-refractivity contribution in [3.63, 3.8) is 0 Å². The van der Waals surface area contributed by atoms with Gasteiger partial charge in [-0.05, 0) is 23.8 Å². The van der Waals surface area contributed by atoms with Crippen molar-refractivity contribution in [3.8, 4) is 5.75 Å². The lowest BCUT2D eigenvalue weighted by atomic mass is 10.1. The van der Waals surface area contributed by atoms with Crippen molar-refractivity contribution in [1.29, 1.82) is 0 Å². The standard InChI is InChI=1S/C15H16Cl2N2O2/c1-21-15-9-18-5-4-11(15)7-19-8-14(20)10-2-3-12(16)13(17)6-10/h2-6,9,14,19-20H,7-8H2,1H3/t14-/m1/s1. The molecule has 0 unspecified atom stereocenters. The van der Waals surface area contributed by atoms with Gasteiger partial charge in [0.15, 0.2) is 0 Å². The van der Waals surface area contributed by atoms with Crippen LogP contribution in [0.3, 0.4) is 0 Å². The van der Waals surface area contributed by atoms with E-state index in [4.69, 9.17) is 27.9 Å². The third-order valence-electron chi connectivity index (χ3n) is 3.07. The van der Waals surface area contributed by atoms with Crippen molar-refractivity contribution in [1.82, 2.24) is 10.3 Å². The number of nitrogens with one attached hydrogen (secondary N) is 1. The molecule has 0 amide bonds. The molecule has 0 aliphatic rings. The highest BCUT2D eigenvalue weighted by Crippen LogP contribution is 2.25. The number of pyridine rings is 1. The predicted octanol–water partition coefficient (Wildman–Crippen LogP) is 3.22. The van der Waals surface area contributed by atoms with Gasteiger partial charge in [0, 0.05) is 24.8 Å². The van der Waals surface area contributed by atoms with E-state index < -0.39 is 6.10 Å². The summed E-state index contributed by atoms with van der Waals surface area (Å²) >= 11 is 11.8. The van der Waals surface area contributed by atoms with Crippen LogP contribution in [0.4, 0.5) is 0 Å². The van der Waals surface area contributed by atoms with Crippen LogP contribution in [0, 0.1) is 0 Å². The van der Waals surface area contributed by atoms with Crippen LogP contribution in [0.1, 0.15) is 17.2 Å². The first-order chi connectivity index (χ1) is 10.1. The van der Waals surface area contributed by atoms with Gasteiger partial charge in [0.2, 0.25) is 0 Å². The van der Waals surface area contributed by atoms with E-state index in [0.717, 1.165) is 11.1 Å². The largest absolute Gasteiger partial charge is 0.495 e. The molecule has 2 rings (SSSR count). The zero-order valence-electron chi connectivity index (χ0n) is 11.5. The number of aromatic nitrogens is 1. The van der Waals surface area contributed by atoms with Gasteiger partial charge in [0.05, 0.1) is 29.5 Å². The molecule has 0 fully saturated rings. The molecule has 0 saturated carbocycles. The lowest BCUT2D eigenvalue weighted by molar-refractivity contribution is 0.174. The maximum atomic E-state index is 10.1. The zero-order chi connectivity index (χ0) is 15.2. The van der Waals surface area contributed by atoms with Crippen molar-refractivity contribution in [2.45, 2.75) is 12.6 Å². The van der Waals surface area contributed by atoms with Crippen molar-refractivity contribution < 1.29 is 9.84 Å². The van der Waals surface area contributed by atoms with Gasteiger partial charge >= 0.3 is 0 Å². The van der Waals surface area contributed by atoms with E-state index in [2.05, 4.69) is 10.3 Å². The summed E-state index contributed by atoms with van der Waals surface area (Å²) in [4.78, 5) is 4.00.